The molecule has 20 heteroatoms. The van der Waals surface area contributed by atoms with E-state index in [-0.39, 0.29) is 47.0 Å². The first-order chi connectivity index (χ1) is 19.5. The topological polar surface area (TPSA) is 235 Å². The van der Waals surface area contributed by atoms with Crippen LogP contribution in [0.4, 0.5) is 16.2 Å². The van der Waals surface area contributed by atoms with Crippen LogP contribution in [0.25, 0.3) is 22.2 Å². The lowest BCUT2D eigenvalue weighted by atomic mass is 10.1. The van der Waals surface area contributed by atoms with Crippen LogP contribution in [0.1, 0.15) is 12.6 Å². The van der Waals surface area contributed by atoms with Crippen molar-refractivity contribution < 1.29 is 33.3 Å². The molecule has 0 aliphatic carbocycles. The number of aromatic nitrogens is 7. The molecule has 4 aromatic rings. The number of rotatable bonds is 8. The van der Waals surface area contributed by atoms with Crippen LogP contribution in [-0.4, -0.2) is 91.8 Å². The van der Waals surface area contributed by atoms with E-state index in [1.807, 2.05) is 0 Å². The van der Waals surface area contributed by atoms with Gasteiger partial charge in [0.15, 0.2) is 29.3 Å². The van der Waals surface area contributed by atoms with Crippen molar-refractivity contribution >= 4 is 64.3 Å². The Kier molecular flexibility index (Phi) is 7.28. The number of aromatic amines is 1. The van der Waals surface area contributed by atoms with E-state index in [2.05, 4.69) is 24.9 Å². The van der Waals surface area contributed by atoms with Crippen molar-refractivity contribution in [2.24, 2.45) is 0 Å². The quantitative estimate of drug-likeness (QED) is 0.138. The van der Waals surface area contributed by atoms with Crippen molar-refractivity contribution in [3.8, 4) is 0 Å². The lowest BCUT2D eigenvalue weighted by molar-refractivity contribution is -0.0530. The zero-order valence-electron chi connectivity index (χ0n) is 21.0. The minimum atomic E-state index is -4.12. The number of H-pyrrole nitrogens is 1. The van der Waals surface area contributed by atoms with E-state index in [4.69, 9.17) is 37.1 Å². The molecule has 0 bridgehead atoms. The van der Waals surface area contributed by atoms with Crippen molar-refractivity contribution in [3.05, 3.63) is 35.3 Å². The van der Waals surface area contributed by atoms with Crippen LogP contribution in [-0.2, 0) is 31.3 Å². The molecular weight excluding hydrogens is 604 g/mol. The predicted octanol–water partition coefficient (Wildman–Crippen LogP) is -0.274. The Morgan fingerprint density at radius 1 is 1.34 bits per heavy atom. The summed E-state index contributed by atoms with van der Waals surface area (Å²) < 4.78 is 35.4. The number of thioether (sulfide) groups is 1. The van der Waals surface area contributed by atoms with Gasteiger partial charge in [-0.3, -0.25) is 18.9 Å². The molecule has 16 nitrogen and oxygen atoms in total. The highest BCUT2D eigenvalue weighted by Gasteiger charge is 2.49. The Labute approximate surface area is 239 Å². The van der Waals surface area contributed by atoms with E-state index in [0.717, 1.165) is 0 Å². The summed E-state index contributed by atoms with van der Waals surface area (Å²) in [5.74, 6) is 0.232. The Morgan fingerprint density at radius 3 is 2.90 bits per heavy atom. The van der Waals surface area contributed by atoms with Gasteiger partial charge in [0.05, 0.1) is 24.9 Å². The molecule has 1 unspecified atom stereocenters. The van der Waals surface area contributed by atoms with Crippen molar-refractivity contribution in [2.75, 3.05) is 30.4 Å². The van der Waals surface area contributed by atoms with Crippen molar-refractivity contribution in [2.45, 2.75) is 42.0 Å². The summed E-state index contributed by atoms with van der Waals surface area (Å²) in [6.07, 6.45) is -1.78. The summed E-state index contributed by atoms with van der Waals surface area (Å²) in [4.78, 5) is 42.1. The van der Waals surface area contributed by atoms with Gasteiger partial charge in [-0.1, -0.05) is 0 Å². The highest BCUT2D eigenvalue weighted by molar-refractivity contribution is 8.07. The van der Waals surface area contributed by atoms with Crippen molar-refractivity contribution in [1.82, 2.24) is 34.1 Å². The second-order valence-corrected chi connectivity index (χ2v) is 13.6. The van der Waals surface area contributed by atoms with Gasteiger partial charge in [-0.25, -0.2) is 19.3 Å². The van der Waals surface area contributed by atoms with Gasteiger partial charge in [-0.05, 0) is 17.9 Å². The molecule has 2 aliphatic rings. The number of nitrogens with one attached hydrogen (secondary N) is 1. The zero-order valence-corrected chi connectivity index (χ0v) is 23.5. The second kappa shape index (κ2) is 10.5. The Morgan fingerprint density at radius 2 is 2.15 bits per heavy atom. The third-order valence-corrected chi connectivity index (χ3v) is 9.95. The molecule has 8 N–H and O–H groups in total. The number of nitrogens with zero attached hydrogens (tertiary/aromatic N) is 6. The fourth-order valence-corrected chi connectivity index (χ4v) is 8.04. The molecule has 6 heterocycles. The minimum absolute atomic E-state index is 0.0150. The molecule has 4 aromatic heterocycles. The van der Waals surface area contributed by atoms with Gasteiger partial charge in [0.25, 0.3) is 5.56 Å². The monoisotopic (exact) mass is 629 g/mol. The minimum Gasteiger partial charge on any atom is -0.395 e. The van der Waals surface area contributed by atoms with E-state index in [1.165, 1.54) is 39.7 Å². The van der Waals surface area contributed by atoms with Crippen LogP contribution >= 0.6 is 18.5 Å². The van der Waals surface area contributed by atoms with Gasteiger partial charge in [0.1, 0.15) is 30.0 Å². The summed E-state index contributed by atoms with van der Waals surface area (Å²) in [6.45, 7) is -4.83. The van der Waals surface area contributed by atoms with Crippen LogP contribution < -0.4 is 17.0 Å². The van der Waals surface area contributed by atoms with Gasteiger partial charge in [-0.2, -0.15) is 16.7 Å². The molecule has 7 atom stereocenters. The summed E-state index contributed by atoms with van der Waals surface area (Å²) in [5, 5.41) is 20.5. The number of nitrogen functional groups attached to an aromatic ring is 2. The molecular formula is C21H25FN9O7PS2. The van der Waals surface area contributed by atoms with Gasteiger partial charge in [0, 0.05) is 23.6 Å². The van der Waals surface area contributed by atoms with Gasteiger partial charge >= 0.3 is 6.72 Å². The lowest BCUT2D eigenvalue weighted by Crippen LogP contribution is -2.37. The molecule has 2 saturated heterocycles. The first-order valence-corrected chi connectivity index (χ1v) is 15.8. The van der Waals surface area contributed by atoms with Crippen molar-refractivity contribution in [1.29, 1.82) is 0 Å². The average molecular weight is 630 g/mol. The normalized spacial score (nSPS) is 29.9. The highest BCUT2D eigenvalue weighted by Crippen LogP contribution is 2.55. The SMILES string of the molecule is Nc1nc2c(ncn2[C@@]2(OP(O)(=S)OC[C@H]3O[C@@H](n4ccc5c(N)ncnc54)[C@@H](F)[C@@H]3O)CS[C@H](CO)C2)c(=O)[nH]1. The van der Waals surface area contributed by atoms with E-state index < -0.39 is 49.2 Å². The molecule has 0 aromatic carbocycles. The third-order valence-electron chi connectivity index (χ3n) is 6.95. The fourth-order valence-electron chi connectivity index (χ4n) is 5.01. The standard InChI is InChI=1S/C21H25FN9O7PS2/c22-12-14(33)11(37-19(12)30-2-1-10-15(23)25-7-26-16(10)30)5-36-39(35,40)38-21(3-9(4-32)41-6-21)31-8-27-13-17(31)28-20(24)29-18(13)34/h1-2,7-9,11-12,14,19,32-33H,3-6H2,(H,35,40)(H2,23,25,26)(H3,24,28,29,34)/t9-,11+,12-,14+,19+,21-,39?/m0/s1. The molecule has 0 radical (unpaired) electrons. The van der Waals surface area contributed by atoms with E-state index in [9.17, 15) is 19.9 Å². The van der Waals surface area contributed by atoms with Crippen LogP contribution in [0.5, 0.6) is 0 Å². The molecule has 0 spiro atoms. The van der Waals surface area contributed by atoms with E-state index in [0.29, 0.717) is 11.0 Å². The summed E-state index contributed by atoms with van der Waals surface area (Å²) in [7, 11) is 0. The lowest BCUT2D eigenvalue weighted by Gasteiger charge is -2.34. The number of nitrogens with two attached hydrogens (primary N) is 2. The number of hydrogen-bond acceptors (Lipinski definition) is 14. The first-order valence-electron chi connectivity index (χ1n) is 12.2. The number of imidazole rings is 1. The molecule has 0 amide bonds. The van der Waals surface area contributed by atoms with Crippen LogP contribution in [0.3, 0.4) is 0 Å². The summed E-state index contributed by atoms with van der Waals surface area (Å²) in [5.41, 5.74) is 9.99. The Hall–Kier alpha value is -2.74. The maximum absolute atomic E-state index is 15.2. The number of aliphatic hydroxyl groups is 2. The fraction of sp³-hybridized carbons (Fsp3) is 0.476. The van der Waals surface area contributed by atoms with Gasteiger partial charge in [0.2, 0.25) is 5.95 Å². The van der Waals surface area contributed by atoms with Crippen LogP contribution in [0.2, 0.25) is 0 Å². The molecule has 2 aliphatic heterocycles. The predicted molar refractivity (Wildman–Crippen MR) is 149 cm³/mol. The Balaban J connectivity index is 1.22. The number of halogens is 1. The number of fused-ring (bicyclic) bond motifs is 2. The maximum atomic E-state index is 15.2. The molecule has 220 valence electrons. The van der Waals surface area contributed by atoms with Crippen LogP contribution in [0, 0.1) is 0 Å². The highest BCUT2D eigenvalue weighted by atomic mass is 32.5. The number of ether oxygens (including phenoxy) is 1. The molecule has 0 saturated carbocycles. The second-order valence-electron chi connectivity index (χ2n) is 9.58. The number of aliphatic hydroxyl groups excluding tert-OH is 2. The largest absolute Gasteiger partial charge is 0.395 e. The summed E-state index contributed by atoms with van der Waals surface area (Å²) in [6, 6.07) is 1.60. The molecule has 6 rings (SSSR count). The Bertz CT molecular complexity index is 1720. The summed E-state index contributed by atoms with van der Waals surface area (Å²) >= 11 is 6.65. The number of alkyl halides is 1. The average Bonchev–Trinajstić information content (AvgIpc) is 3.69. The van der Waals surface area contributed by atoms with Gasteiger partial charge < -0.3 is 40.4 Å². The van der Waals surface area contributed by atoms with E-state index >= 15 is 4.39 Å². The molecule has 2 fully saturated rings. The maximum Gasteiger partial charge on any atom is 0.326 e. The zero-order chi connectivity index (χ0) is 29.1. The van der Waals surface area contributed by atoms with Crippen molar-refractivity contribution in [3.63, 3.8) is 0 Å². The van der Waals surface area contributed by atoms with Gasteiger partial charge in [-0.15, -0.1) is 0 Å². The first kappa shape index (κ1) is 28.4. The smallest absolute Gasteiger partial charge is 0.326 e. The molecule has 41 heavy (non-hydrogen) atoms. The third kappa shape index (κ3) is 5.00. The van der Waals surface area contributed by atoms with Crippen LogP contribution in [0.15, 0.2) is 29.7 Å². The number of anilines is 2. The number of hydrogen-bond donors (Lipinski definition) is 6. The van der Waals surface area contributed by atoms with E-state index in [1.54, 1.807) is 6.07 Å².